The number of rotatable bonds is 6. The van der Waals surface area contributed by atoms with E-state index in [0.717, 1.165) is 16.9 Å². The maximum absolute atomic E-state index is 5.36. The van der Waals surface area contributed by atoms with Crippen molar-refractivity contribution < 1.29 is 14.0 Å². The Bertz CT molecular complexity index is 638. The van der Waals surface area contributed by atoms with Crippen LogP contribution in [0.3, 0.4) is 0 Å². The quantitative estimate of drug-likeness (QED) is 0.877. The highest BCUT2D eigenvalue weighted by Gasteiger charge is 2.17. The number of hydrogen-bond acceptors (Lipinski definition) is 6. The number of aryl methyl sites for hydroxylation is 1. The first-order chi connectivity index (χ1) is 10.5. The minimum Gasteiger partial charge on any atom is -0.493 e. The molecule has 1 N–H and O–H groups in total. The maximum atomic E-state index is 5.36. The molecule has 6 nitrogen and oxygen atoms in total. The first-order valence-electron chi connectivity index (χ1n) is 7.29. The molecule has 0 aliphatic heterocycles. The lowest BCUT2D eigenvalue weighted by Crippen LogP contribution is -2.09. The predicted molar refractivity (Wildman–Crippen MR) is 84.7 cm³/mol. The van der Waals surface area contributed by atoms with E-state index in [1.54, 1.807) is 14.2 Å². The predicted octanol–water partition coefficient (Wildman–Crippen LogP) is 3.69. The van der Waals surface area contributed by atoms with Crippen molar-refractivity contribution in [1.82, 2.24) is 10.1 Å². The van der Waals surface area contributed by atoms with Gasteiger partial charge in [-0.3, -0.25) is 0 Å². The summed E-state index contributed by atoms with van der Waals surface area (Å²) in [5, 5.41) is 7.18. The SMILES string of the molecule is COc1cc(C)c(C(C)Nc2nc(C(C)C)no2)cc1OC. The smallest absolute Gasteiger partial charge is 0.321 e. The van der Waals surface area contributed by atoms with Gasteiger partial charge in [0.05, 0.1) is 20.3 Å². The lowest BCUT2D eigenvalue weighted by atomic mass is 10.0. The van der Waals surface area contributed by atoms with Crippen LogP contribution in [0.2, 0.25) is 0 Å². The van der Waals surface area contributed by atoms with Crippen molar-refractivity contribution in [2.24, 2.45) is 0 Å². The fourth-order valence-electron chi connectivity index (χ4n) is 2.25. The van der Waals surface area contributed by atoms with Crippen LogP contribution in [0.4, 0.5) is 6.01 Å². The highest BCUT2D eigenvalue weighted by atomic mass is 16.5. The average Bonchev–Trinajstić information content (AvgIpc) is 2.95. The van der Waals surface area contributed by atoms with Gasteiger partial charge >= 0.3 is 6.01 Å². The van der Waals surface area contributed by atoms with E-state index < -0.39 is 0 Å². The molecule has 0 aliphatic rings. The third-order valence-electron chi connectivity index (χ3n) is 3.54. The van der Waals surface area contributed by atoms with E-state index in [4.69, 9.17) is 14.0 Å². The lowest BCUT2D eigenvalue weighted by Gasteiger charge is -2.18. The molecule has 0 aliphatic carbocycles. The normalized spacial score (nSPS) is 12.3. The fraction of sp³-hybridized carbons (Fsp3) is 0.500. The van der Waals surface area contributed by atoms with Crippen molar-refractivity contribution in [3.8, 4) is 11.5 Å². The number of nitrogens with one attached hydrogen (secondary N) is 1. The fourth-order valence-corrected chi connectivity index (χ4v) is 2.25. The summed E-state index contributed by atoms with van der Waals surface area (Å²) >= 11 is 0. The van der Waals surface area contributed by atoms with Crippen LogP contribution in [-0.4, -0.2) is 24.4 Å². The molecule has 1 atom stereocenters. The summed E-state index contributed by atoms with van der Waals surface area (Å²) < 4.78 is 15.9. The van der Waals surface area contributed by atoms with Crippen LogP contribution in [0.1, 0.15) is 49.7 Å². The van der Waals surface area contributed by atoms with Crippen molar-refractivity contribution in [2.75, 3.05) is 19.5 Å². The third kappa shape index (κ3) is 3.32. The molecule has 1 aromatic carbocycles. The van der Waals surface area contributed by atoms with Gasteiger partial charge in [0.25, 0.3) is 0 Å². The van der Waals surface area contributed by atoms with Gasteiger partial charge in [0.15, 0.2) is 17.3 Å². The first kappa shape index (κ1) is 16.1. The lowest BCUT2D eigenvalue weighted by molar-refractivity contribution is 0.354. The van der Waals surface area contributed by atoms with Gasteiger partial charge in [-0.1, -0.05) is 19.0 Å². The molecule has 0 saturated heterocycles. The average molecular weight is 305 g/mol. The van der Waals surface area contributed by atoms with Crippen LogP contribution in [0.25, 0.3) is 0 Å². The third-order valence-corrected chi connectivity index (χ3v) is 3.54. The van der Waals surface area contributed by atoms with Crippen LogP contribution < -0.4 is 14.8 Å². The Balaban J connectivity index is 2.22. The van der Waals surface area contributed by atoms with E-state index in [-0.39, 0.29) is 12.0 Å². The molecule has 120 valence electrons. The first-order valence-corrected chi connectivity index (χ1v) is 7.29. The standard InChI is InChI=1S/C16H23N3O3/c1-9(2)15-18-16(22-19-15)17-11(4)12-8-14(21-6)13(20-5)7-10(12)3/h7-9,11H,1-6H3,(H,17,18,19). The summed E-state index contributed by atoms with van der Waals surface area (Å²) in [5.74, 6) is 2.34. The van der Waals surface area contributed by atoms with Crippen LogP contribution in [0, 0.1) is 6.92 Å². The summed E-state index contributed by atoms with van der Waals surface area (Å²) in [6.45, 7) is 8.11. The van der Waals surface area contributed by atoms with Gasteiger partial charge in [0, 0.05) is 5.92 Å². The molecule has 2 rings (SSSR count). The zero-order valence-electron chi connectivity index (χ0n) is 13.9. The Labute approximate surface area is 130 Å². The summed E-state index contributed by atoms with van der Waals surface area (Å²) in [7, 11) is 3.26. The molecular weight excluding hydrogens is 282 g/mol. The van der Waals surface area contributed by atoms with Gasteiger partial charge in [-0.25, -0.2) is 0 Å². The molecule has 0 radical (unpaired) electrons. The topological polar surface area (TPSA) is 69.4 Å². The van der Waals surface area contributed by atoms with Gasteiger partial charge in [-0.15, -0.1) is 0 Å². The number of ether oxygens (including phenoxy) is 2. The van der Waals surface area contributed by atoms with Gasteiger partial charge < -0.3 is 19.3 Å². The molecule has 1 heterocycles. The number of hydrogen-bond donors (Lipinski definition) is 1. The maximum Gasteiger partial charge on any atom is 0.321 e. The van der Waals surface area contributed by atoms with Crippen LogP contribution >= 0.6 is 0 Å². The highest BCUT2D eigenvalue weighted by Crippen LogP contribution is 2.33. The molecule has 22 heavy (non-hydrogen) atoms. The summed E-state index contributed by atoms with van der Waals surface area (Å²) in [6, 6.07) is 4.34. The second kappa shape index (κ2) is 6.68. The van der Waals surface area contributed by atoms with Crippen molar-refractivity contribution in [3.05, 3.63) is 29.1 Å². The number of methoxy groups -OCH3 is 2. The van der Waals surface area contributed by atoms with Crippen LogP contribution in [0.15, 0.2) is 16.7 Å². The Hall–Kier alpha value is -2.24. The molecule has 0 fully saturated rings. The van der Waals surface area contributed by atoms with Gasteiger partial charge in [0.1, 0.15) is 0 Å². The van der Waals surface area contributed by atoms with Gasteiger partial charge in [0.2, 0.25) is 0 Å². The molecular formula is C16H23N3O3. The van der Waals surface area contributed by atoms with E-state index in [2.05, 4.69) is 15.5 Å². The Morgan fingerprint density at radius 2 is 1.73 bits per heavy atom. The second-order valence-corrected chi connectivity index (χ2v) is 5.54. The van der Waals surface area contributed by atoms with E-state index in [1.807, 2.05) is 39.8 Å². The molecule has 0 saturated carbocycles. The molecule has 0 spiro atoms. The summed E-state index contributed by atoms with van der Waals surface area (Å²) in [4.78, 5) is 4.34. The van der Waals surface area contributed by atoms with Crippen molar-refractivity contribution in [3.63, 3.8) is 0 Å². The molecule has 1 unspecified atom stereocenters. The van der Waals surface area contributed by atoms with Crippen molar-refractivity contribution in [1.29, 1.82) is 0 Å². The second-order valence-electron chi connectivity index (χ2n) is 5.54. The van der Waals surface area contributed by atoms with E-state index in [0.29, 0.717) is 17.6 Å². The number of nitrogens with zero attached hydrogens (tertiary/aromatic N) is 2. The Morgan fingerprint density at radius 1 is 1.09 bits per heavy atom. The van der Waals surface area contributed by atoms with Gasteiger partial charge in [-0.05, 0) is 37.1 Å². The van der Waals surface area contributed by atoms with E-state index in [1.165, 1.54) is 0 Å². The minimum atomic E-state index is 0.000248. The number of anilines is 1. The molecule has 0 amide bonds. The van der Waals surface area contributed by atoms with Gasteiger partial charge in [-0.2, -0.15) is 4.98 Å². The number of aromatic nitrogens is 2. The highest BCUT2D eigenvalue weighted by molar-refractivity contribution is 5.49. The zero-order chi connectivity index (χ0) is 16.3. The minimum absolute atomic E-state index is 0.000248. The molecule has 0 bridgehead atoms. The Kier molecular flexibility index (Phi) is 4.90. The largest absolute Gasteiger partial charge is 0.493 e. The summed E-state index contributed by atoms with van der Waals surface area (Å²) in [6.07, 6.45) is 0. The van der Waals surface area contributed by atoms with Crippen molar-refractivity contribution >= 4 is 6.01 Å². The van der Waals surface area contributed by atoms with E-state index >= 15 is 0 Å². The summed E-state index contributed by atoms with van der Waals surface area (Å²) in [5.41, 5.74) is 2.18. The number of benzene rings is 1. The molecule has 2 aromatic rings. The zero-order valence-corrected chi connectivity index (χ0v) is 13.9. The van der Waals surface area contributed by atoms with Crippen LogP contribution in [0.5, 0.6) is 11.5 Å². The Morgan fingerprint density at radius 3 is 2.27 bits per heavy atom. The molecule has 1 aromatic heterocycles. The molecule has 6 heteroatoms. The van der Waals surface area contributed by atoms with Crippen LogP contribution in [-0.2, 0) is 0 Å². The van der Waals surface area contributed by atoms with Crippen molar-refractivity contribution in [2.45, 2.75) is 39.7 Å². The monoisotopic (exact) mass is 305 g/mol. The van der Waals surface area contributed by atoms with E-state index in [9.17, 15) is 0 Å².